The molecule has 0 radical (unpaired) electrons. The summed E-state index contributed by atoms with van der Waals surface area (Å²) in [5, 5.41) is 2.99. The van der Waals surface area contributed by atoms with E-state index in [0.29, 0.717) is 6.54 Å². The monoisotopic (exact) mass is 368 g/mol. The van der Waals surface area contributed by atoms with Crippen molar-refractivity contribution in [2.24, 2.45) is 0 Å². The Kier molecular flexibility index (Phi) is 7.03. The lowest BCUT2D eigenvalue weighted by Crippen LogP contribution is -2.37. The average molecular weight is 369 g/mol. The SMILES string of the molecule is Cc1ccccc1OCC(=O)NC[C@@H](c1ccc(C(C)(C)C)cc1)N(C)C. The summed E-state index contributed by atoms with van der Waals surface area (Å²) in [5.41, 5.74) is 3.65. The number of ether oxygens (including phenoxy) is 1. The Balaban J connectivity index is 1.94. The first-order valence-electron chi connectivity index (χ1n) is 9.40. The Morgan fingerprint density at radius 1 is 1.07 bits per heavy atom. The highest BCUT2D eigenvalue weighted by Crippen LogP contribution is 2.25. The molecule has 0 fully saturated rings. The van der Waals surface area contributed by atoms with Crippen molar-refractivity contribution < 1.29 is 9.53 Å². The van der Waals surface area contributed by atoms with Crippen LogP contribution in [0.3, 0.4) is 0 Å². The predicted octanol–water partition coefficient (Wildman–Crippen LogP) is 4.09. The average Bonchev–Trinajstić information content (AvgIpc) is 2.60. The molecule has 4 heteroatoms. The van der Waals surface area contributed by atoms with Crippen molar-refractivity contribution in [3.05, 3.63) is 65.2 Å². The fourth-order valence-corrected chi connectivity index (χ4v) is 2.93. The smallest absolute Gasteiger partial charge is 0.258 e. The number of likely N-dealkylation sites (N-methyl/N-ethyl adjacent to an activating group) is 1. The van der Waals surface area contributed by atoms with Crippen molar-refractivity contribution in [2.45, 2.75) is 39.2 Å². The zero-order chi connectivity index (χ0) is 20.0. The van der Waals surface area contributed by atoms with Crippen LogP contribution in [0.1, 0.15) is 43.5 Å². The number of rotatable bonds is 7. The molecule has 1 atom stereocenters. The summed E-state index contributed by atoms with van der Waals surface area (Å²) >= 11 is 0. The van der Waals surface area contributed by atoms with E-state index in [1.165, 1.54) is 11.1 Å². The molecule has 0 aliphatic heterocycles. The first-order valence-corrected chi connectivity index (χ1v) is 9.40. The Bertz CT molecular complexity index is 746. The van der Waals surface area contributed by atoms with Gasteiger partial charge >= 0.3 is 0 Å². The first-order chi connectivity index (χ1) is 12.7. The van der Waals surface area contributed by atoms with Gasteiger partial charge in [-0.2, -0.15) is 0 Å². The fourth-order valence-electron chi connectivity index (χ4n) is 2.93. The standard InChI is InChI=1S/C23H32N2O2/c1-17-9-7-8-10-21(17)27-16-22(26)24-15-20(25(5)6)18-11-13-19(14-12-18)23(2,3)4/h7-14,20H,15-16H2,1-6H3,(H,24,26)/t20-/m0/s1. The molecule has 0 aliphatic carbocycles. The van der Waals surface area contributed by atoms with E-state index in [1.54, 1.807) is 0 Å². The summed E-state index contributed by atoms with van der Waals surface area (Å²) in [5.74, 6) is 0.631. The molecule has 0 unspecified atom stereocenters. The number of para-hydroxylation sites is 1. The molecule has 1 amide bonds. The van der Waals surface area contributed by atoms with Crippen molar-refractivity contribution in [1.82, 2.24) is 10.2 Å². The third-order valence-electron chi connectivity index (χ3n) is 4.73. The predicted molar refractivity (Wildman–Crippen MR) is 111 cm³/mol. The summed E-state index contributed by atoms with van der Waals surface area (Å²) in [6.45, 7) is 9.16. The van der Waals surface area contributed by atoms with Crippen LogP contribution in [0.2, 0.25) is 0 Å². The van der Waals surface area contributed by atoms with Gasteiger partial charge in [0.1, 0.15) is 5.75 Å². The Hall–Kier alpha value is -2.33. The molecule has 1 N–H and O–H groups in total. The maximum atomic E-state index is 12.2. The molecule has 0 heterocycles. The second kappa shape index (κ2) is 9.05. The van der Waals surface area contributed by atoms with Crippen molar-refractivity contribution in [2.75, 3.05) is 27.2 Å². The van der Waals surface area contributed by atoms with Crippen LogP contribution >= 0.6 is 0 Å². The van der Waals surface area contributed by atoms with Gasteiger partial charge in [-0.1, -0.05) is 63.2 Å². The molecule has 2 aromatic carbocycles. The lowest BCUT2D eigenvalue weighted by atomic mass is 9.86. The summed E-state index contributed by atoms with van der Waals surface area (Å²) < 4.78 is 5.62. The van der Waals surface area contributed by atoms with Gasteiger partial charge in [0, 0.05) is 6.54 Å². The van der Waals surface area contributed by atoms with Gasteiger partial charge in [0.05, 0.1) is 6.04 Å². The van der Waals surface area contributed by atoms with E-state index in [4.69, 9.17) is 4.74 Å². The van der Waals surface area contributed by atoms with Gasteiger partial charge in [-0.15, -0.1) is 0 Å². The van der Waals surface area contributed by atoms with E-state index in [1.807, 2.05) is 45.3 Å². The molecule has 0 spiro atoms. The van der Waals surface area contributed by atoms with E-state index in [-0.39, 0.29) is 24.0 Å². The summed E-state index contributed by atoms with van der Waals surface area (Å²) in [4.78, 5) is 14.3. The molecule has 146 valence electrons. The zero-order valence-electron chi connectivity index (χ0n) is 17.4. The maximum Gasteiger partial charge on any atom is 0.258 e. The Morgan fingerprint density at radius 2 is 1.70 bits per heavy atom. The van der Waals surface area contributed by atoms with E-state index in [2.05, 4.69) is 55.3 Å². The van der Waals surface area contributed by atoms with Crippen molar-refractivity contribution in [1.29, 1.82) is 0 Å². The number of nitrogens with zero attached hydrogens (tertiary/aromatic N) is 1. The zero-order valence-corrected chi connectivity index (χ0v) is 17.4. The molecule has 0 bridgehead atoms. The minimum absolute atomic E-state index is 0.0218. The topological polar surface area (TPSA) is 41.6 Å². The third-order valence-corrected chi connectivity index (χ3v) is 4.73. The number of hydrogen-bond acceptors (Lipinski definition) is 3. The molecular weight excluding hydrogens is 336 g/mol. The lowest BCUT2D eigenvalue weighted by molar-refractivity contribution is -0.123. The molecule has 0 saturated carbocycles. The van der Waals surface area contributed by atoms with Gasteiger partial charge in [0.2, 0.25) is 0 Å². The van der Waals surface area contributed by atoms with Gasteiger partial charge < -0.3 is 15.0 Å². The summed E-state index contributed by atoms with van der Waals surface area (Å²) in [6, 6.07) is 16.5. The van der Waals surface area contributed by atoms with Gasteiger partial charge in [-0.05, 0) is 49.2 Å². The van der Waals surface area contributed by atoms with Crippen LogP contribution in [0.4, 0.5) is 0 Å². The minimum atomic E-state index is -0.114. The third kappa shape index (κ3) is 6.10. The highest BCUT2D eigenvalue weighted by Gasteiger charge is 2.18. The number of benzene rings is 2. The molecule has 0 saturated heterocycles. The lowest BCUT2D eigenvalue weighted by Gasteiger charge is -2.26. The van der Waals surface area contributed by atoms with Gasteiger partial charge in [0.25, 0.3) is 5.91 Å². The fraction of sp³-hybridized carbons (Fsp3) is 0.435. The van der Waals surface area contributed by atoms with Gasteiger partial charge in [-0.3, -0.25) is 4.79 Å². The second-order valence-electron chi connectivity index (χ2n) is 8.21. The summed E-state index contributed by atoms with van der Waals surface area (Å²) in [7, 11) is 4.05. The van der Waals surface area contributed by atoms with Crippen LogP contribution < -0.4 is 10.1 Å². The van der Waals surface area contributed by atoms with Crippen molar-refractivity contribution >= 4 is 5.91 Å². The number of carbonyl (C=O) groups is 1. The Labute approximate surface area is 163 Å². The second-order valence-corrected chi connectivity index (χ2v) is 8.21. The molecule has 4 nitrogen and oxygen atoms in total. The molecule has 0 aromatic heterocycles. The number of hydrogen-bond donors (Lipinski definition) is 1. The van der Waals surface area contributed by atoms with Gasteiger partial charge in [0.15, 0.2) is 6.61 Å². The largest absolute Gasteiger partial charge is 0.484 e. The summed E-state index contributed by atoms with van der Waals surface area (Å²) in [6.07, 6.45) is 0. The molecule has 2 rings (SSSR count). The van der Waals surface area contributed by atoms with E-state index in [0.717, 1.165) is 11.3 Å². The van der Waals surface area contributed by atoms with Crippen molar-refractivity contribution in [3.63, 3.8) is 0 Å². The minimum Gasteiger partial charge on any atom is -0.484 e. The normalized spacial score (nSPS) is 12.7. The van der Waals surface area contributed by atoms with E-state index < -0.39 is 0 Å². The maximum absolute atomic E-state index is 12.2. The Morgan fingerprint density at radius 3 is 2.26 bits per heavy atom. The molecular formula is C23H32N2O2. The van der Waals surface area contributed by atoms with E-state index in [9.17, 15) is 4.79 Å². The number of carbonyl (C=O) groups excluding carboxylic acids is 1. The van der Waals surface area contributed by atoms with Gasteiger partial charge in [-0.25, -0.2) is 0 Å². The van der Waals surface area contributed by atoms with Crippen molar-refractivity contribution in [3.8, 4) is 5.75 Å². The number of nitrogens with one attached hydrogen (secondary N) is 1. The molecule has 0 aliphatic rings. The number of aryl methyl sites for hydroxylation is 1. The quantitative estimate of drug-likeness (QED) is 0.800. The molecule has 27 heavy (non-hydrogen) atoms. The molecule has 2 aromatic rings. The number of amides is 1. The van der Waals surface area contributed by atoms with Crippen LogP contribution in [-0.2, 0) is 10.2 Å². The highest BCUT2D eigenvalue weighted by atomic mass is 16.5. The van der Waals surface area contributed by atoms with Crippen LogP contribution in [-0.4, -0.2) is 38.1 Å². The van der Waals surface area contributed by atoms with Crippen LogP contribution in [0.25, 0.3) is 0 Å². The highest BCUT2D eigenvalue weighted by molar-refractivity contribution is 5.77. The van der Waals surface area contributed by atoms with Crippen LogP contribution in [0.15, 0.2) is 48.5 Å². The van der Waals surface area contributed by atoms with E-state index >= 15 is 0 Å². The van der Waals surface area contributed by atoms with Crippen LogP contribution in [0, 0.1) is 6.92 Å². The first kappa shape index (κ1) is 21.0. The van der Waals surface area contributed by atoms with Crippen LogP contribution in [0.5, 0.6) is 5.75 Å².